The van der Waals surface area contributed by atoms with Gasteiger partial charge >= 0.3 is 24.1 Å². The van der Waals surface area contributed by atoms with E-state index in [2.05, 4.69) is 0 Å². The van der Waals surface area contributed by atoms with E-state index in [4.69, 9.17) is 24.7 Å². The molecule has 2 unspecified atom stereocenters. The molecule has 3 N–H and O–H groups in total. The van der Waals surface area contributed by atoms with Gasteiger partial charge in [0.2, 0.25) is 0 Å². The number of carbonyl (C=O) groups excluding carboxylic acids is 3. The maximum atomic E-state index is 12.4. The zero-order valence-electron chi connectivity index (χ0n) is 21.8. The highest BCUT2D eigenvalue weighted by Gasteiger charge is 2.33. The smallest absolute Gasteiger partial charge is 0.480 e. The number of hydrogen-bond acceptors (Lipinski definition) is 9. The van der Waals surface area contributed by atoms with E-state index >= 15 is 0 Å². The Hall–Kier alpha value is -3.14. The van der Waals surface area contributed by atoms with Crippen LogP contribution in [-0.2, 0) is 23.9 Å². The molecule has 1 aromatic carbocycles. The van der Waals surface area contributed by atoms with Gasteiger partial charge in [-0.2, -0.15) is 0 Å². The fourth-order valence-corrected chi connectivity index (χ4v) is 3.46. The predicted octanol–water partition coefficient (Wildman–Crippen LogP) is 4.57. The molecule has 0 radical (unpaired) electrons. The molecule has 1 rings (SSSR count). The fourth-order valence-electron chi connectivity index (χ4n) is 3.46. The maximum absolute atomic E-state index is 12.4. The lowest BCUT2D eigenvalue weighted by Gasteiger charge is -2.28. The SMILES string of the molecule is CCCCC(=O)Oc1ccc(C(C(C)COC(=O)OC(C)C)[C@H](N)C(=O)O)cc1OC(=O)CCCC. The van der Waals surface area contributed by atoms with Gasteiger partial charge in [-0.1, -0.05) is 39.7 Å². The monoisotopic (exact) mass is 509 g/mol. The molecular formula is C26H39NO9. The van der Waals surface area contributed by atoms with Gasteiger partial charge in [-0.15, -0.1) is 0 Å². The summed E-state index contributed by atoms with van der Waals surface area (Å²) >= 11 is 0. The van der Waals surface area contributed by atoms with Gasteiger partial charge in [0, 0.05) is 18.8 Å². The van der Waals surface area contributed by atoms with Gasteiger partial charge in [-0.3, -0.25) is 14.4 Å². The first-order valence-corrected chi connectivity index (χ1v) is 12.4. The zero-order chi connectivity index (χ0) is 27.3. The Kier molecular flexibility index (Phi) is 13.5. The molecule has 0 heterocycles. The van der Waals surface area contributed by atoms with Gasteiger partial charge in [-0.25, -0.2) is 4.79 Å². The summed E-state index contributed by atoms with van der Waals surface area (Å²) in [5.74, 6) is -3.56. The molecule has 0 bridgehead atoms. The Morgan fingerprint density at radius 2 is 1.47 bits per heavy atom. The second-order valence-electron chi connectivity index (χ2n) is 8.96. The summed E-state index contributed by atoms with van der Waals surface area (Å²) in [5, 5.41) is 9.61. The van der Waals surface area contributed by atoms with E-state index in [1.54, 1.807) is 26.8 Å². The van der Waals surface area contributed by atoms with E-state index < -0.39 is 41.9 Å². The molecular weight excluding hydrogens is 470 g/mol. The highest BCUT2D eigenvalue weighted by atomic mass is 16.7. The van der Waals surface area contributed by atoms with E-state index in [0.29, 0.717) is 18.4 Å². The second kappa shape index (κ2) is 15.8. The molecule has 0 saturated carbocycles. The summed E-state index contributed by atoms with van der Waals surface area (Å²) in [6.07, 6.45) is 2.00. The molecule has 202 valence electrons. The highest BCUT2D eigenvalue weighted by Crippen LogP contribution is 2.36. The minimum atomic E-state index is -1.36. The molecule has 0 saturated heterocycles. The van der Waals surface area contributed by atoms with Crippen LogP contribution in [0.1, 0.15) is 84.6 Å². The Balaban J connectivity index is 3.29. The van der Waals surface area contributed by atoms with Crippen molar-refractivity contribution >= 4 is 24.1 Å². The van der Waals surface area contributed by atoms with Crippen LogP contribution in [0.4, 0.5) is 4.79 Å². The van der Waals surface area contributed by atoms with Crippen LogP contribution < -0.4 is 15.2 Å². The van der Waals surface area contributed by atoms with Crippen molar-refractivity contribution in [3.05, 3.63) is 23.8 Å². The minimum Gasteiger partial charge on any atom is -0.480 e. The third-order valence-electron chi connectivity index (χ3n) is 5.35. The number of benzene rings is 1. The van der Waals surface area contributed by atoms with Crippen molar-refractivity contribution in [3.8, 4) is 11.5 Å². The standard InChI is InChI=1S/C26H39NO9/c1-6-8-10-21(28)35-19-13-12-18(14-20(19)36-22(29)11-9-7-2)23(24(27)25(30)31)17(5)15-33-26(32)34-16(3)4/h12-14,16-17,23-24H,6-11,15,27H2,1-5H3,(H,30,31)/t17?,23?,24-/m0/s1. The Bertz CT molecular complexity index is 884. The number of hydrogen-bond donors (Lipinski definition) is 2. The van der Waals surface area contributed by atoms with Crippen LogP contribution in [0, 0.1) is 5.92 Å². The maximum Gasteiger partial charge on any atom is 0.508 e. The number of unbranched alkanes of at least 4 members (excludes halogenated alkanes) is 2. The van der Waals surface area contributed by atoms with E-state index in [1.807, 2.05) is 13.8 Å². The van der Waals surface area contributed by atoms with Crippen LogP contribution in [-0.4, -0.2) is 47.9 Å². The minimum absolute atomic E-state index is 0.00613. The lowest BCUT2D eigenvalue weighted by Crippen LogP contribution is -2.40. The van der Waals surface area contributed by atoms with Crippen LogP contribution in [0.2, 0.25) is 0 Å². The number of carboxylic acids is 1. The molecule has 0 aliphatic carbocycles. The molecule has 10 nitrogen and oxygen atoms in total. The molecule has 0 aliphatic heterocycles. The second-order valence-corrected chi connectivity index (χ2v) is 8.96. The molecule has 0 spiro atoms. The summed E-state index contributed by atoms with van der Waals surface area (Å²) < 4.78 is 21.0. The third kappa shape index (κ3) is 10.6. The van der Waals surface area contributed by atoms with Crippen LogP contribution >= 0.6 is 0 Å². The fraction of sp³-hybridized carbons (Fsp3) is 0.615. The van der Waals surface area contributed by atoms with Crippen LogP contribution in [0.15, 0.2) is 18.2 Å². The van der Waals surface area contributed by atoms with Crippen molar-refractivity contribution in [1.82, 2.24) is 0 Å². The van der Waals surface area contributed by atoms with E-state index in [0.717, 1.165) is 12.8 Å². The zero-order valence-corrected chi connectivity index (χ0v) is 21.8. The number of nitrogens with two attached hydrogens (primary N) is 1. The summed E-state index contributed by atoms with van der Waals surface area (Å²) in [7, 11) is 0. The van der Waals surface area contributed by atoms with Crippen molar-refractivity contribution in [2.24, 2.45) is 11.7 Å². The number of carbonyl (C=O) groups is 4. The quantitative estimate of drug-likeness (QED) is 0.254. The Morgan fingerprint density at radius 3 is 1.97 bits per heavy atom. The normalized spacial score (nSPS) is 13.4. The number of carboxylic acid groups (broad SMARTS) is 1. The largest absolute Gasteiger partial charge is 0.508 e. The van der Waals surface area contributed by atoms with E-state index in [1.165, 1.54) is 12.1 Å². The molecule has 3 atom stereocenters. The lowest BCUT2D eigenvalue weighted by molar-refractivity contribution is -0.139. The van der Waals surface area contributed by atoms with Gasteiger partial charge in [0.25, 0.3) is 0 Å². The van der Waals surface area contributed by atoms with Crippen molar-refractivity contribution in [1.29, 1.82) is 0 Å². The number of rotatable bonds is 15. The van der Waals surface area contributed by atoms with Crippen molar-refractivity contribution in [2.75, 3.05) is 6.61 Å². The van der Waals surface area contributed by atoms with Crippen LogP contribution in [0.5, 0.6) is 11.5 Å². The average molecular weight is 510 g/mol. The number of ether oxygens (including phenoxy) is 4. The van der Waals surface area contributed by atoms with Crippen molar-refractivity contribution < 1.29 is 43.2 Å². The first-order valence-electron chi connectivity index (χ1n) is 12.4. The molecule has 1 aromatic rings. The highest BCUT2D eigenvalue weighted by molar-refractivity contribution is 5.77. The van der Waals surface area contributed by atoms with Gasteiger partial charge in [0.1, 0.15) is 6.04 Å². The van der Waals surface area contributed by atoms with E-state index in [-0.39, 0.29) is 37.1 Å². The van der Waals surface area contributed by atoms with Crippen LogP contribution in [0.25, 0.3) is 0 Å². The summed E-state index contributed by atoms with van der Waals surface area (Å²) in [6.45, 7) is 8.76. The van der Waals surface area contributed by atoms with E-state index in [9.17, 15) is 24.3 Å². The van der Waals surface area contributed by atoms with Gasteiger partial charge < -0.3 is 29.8 Å². The van der Waals surface area contributed by atoms with Crippen LogP contribution in [0.3, 0.4) is 0 Å². The Morgan fingerprint density at radius 1 is 0.917 bits per heavy atom. The summed E-state index contributed by atoms with van der Waals surface area (Å²) in [6, 6.07) is 3.10. The predicted molar refractivity (Wildman–Crippen MR) is 132 cm³/mol. The number of esters is 2. The summed E-state index contributed by atoms with van der Waals surface area (Å²) in [5.41, 5.74) is 6.43. The lowest BCUT2D eigenvalue weighted by atomic mass is 9.82. The first-order chi connectivity index (χ1) is 17.0. The molecule has 0 aliphatic rings. The third-order valence-corrected chi connectivity index (χ3v) is 5.35. The number of aliphatic carboxylic acids is 1. The topological polar surface area (TPSA) is 151 Å². The first kappa shape index (κ1) is 30.9. The van der Waals surface area contributed by atoms with Gasteiger partial charge in [-0.05, 0) is 50.3 Å². The van der Waals surface area contributed by atoms with Gasteiger partial charge in [0.05, 0.1) is 12.7 Å². The summed E-state index contributed by atoms with van der Waals surface area (Å²) in [4.78, 5) is 48.2. The Labute approximate surface area is 212 Å². The van der Waals surface area contributed by atoms with Crippen molar-refractivity contribution in [2.45, 2.75) is 91.2 Å². The van der Waals surface area contributed by atoms with Gasteiger partial charge in [0.15, 0.2) is 11.5 Å². The van der Waals surface area contributed by atoms with Crippen molar-refractivity contribution in [3.63, 3.8) is 0 Å². The molecule has 36 heavy (non-hydrogen) atoms. The average Bonchev–Trinajstić information content (AvgIpc) is 2.81. The molecule has 10 heteroatoms. The molecule has 0 amide bonds. The molecule has 0 fully saturated rings. The molecule has 0 aromatic heterocycles.